The molecular formula is H8AlCaFeO4P. The van der Waals surface area contributed by atoms with Gasteiger partial charge in [0.15, 0.2) is 17.4 Å². The van der Waals surface area contributed by atoms with Crippen LogP contribution in [0.1, 0.15) is 2.85 Å². The van der Waals surface area contributed by atoms with E-state index >= 15 is 0 Å². The molecule has 0 aromatic carbocycles. The maximum Gasteiger partial charge on any atom is 2.00 e. The predicted octanol–water partition coefficient (Wildman–Crippen LogP) is -2.27. The van der Waals surface area contributed by atoms with Gasteiger partial charge in [-0.15, -0.1) is 0 Å². The minimum absolute atomic E-state index is 0. The molecule has 3 N–H and O–H groups in total. The van der Waals surface area contributed by atoms with Gasteiger partial charge in [0.25, 0.3) is 0 Å². The number of phosphoric acid groups is 1. The third kappa shape index (κ3) is 79.1. The third-order valence-corrected chi connectivity index (χ3v) is 0. The van der Waals surface area contributed by atoms with Gasteiger partial charge < -0.3 is 17.5 Å². The Morgan fingerprint density at radius 3 is 1.25 bits per heavy atom. The largest absolute Gasteiger partial charge is 2.00 e. The van der Waals surface area contributed by atoms with Gasteiger partial charge in [-0.2, -0.15) is 0 Å². The van der Waals surface area contributed by atoms with E-state index in [1.807, 2.05) is 0 Å². The fourth-order valence-electron chi connectivity index (χ4n) is 0. The first kappa shape index (κ1) is 22.4. The first-order valence-electron chi connectivity index (χ1n) is 0.783. The van der Waals surface area contributed by atoms with Crippen LogP contribution in [0.5, 0.6) is 0 Å². The third-order valence-electron chi connectivity index (χ3n) is 0. The van der Waals surface area contributed by atoms with Crippen molar-refractivity contribution in [1.82, 2.24) is 0 Å². The minimum atomic E-state index is -4.64. The second kappa shape index (κ2) is 9.42. The summed E-state index contributed by atoms with van der Waals surface area (Å²) in [4.78, 5) is 21.6. The van der Waals surface area contributed by atoms with Crippen LogP contribution in [0, 0.1) is 0 Å². The fraction of sp³-hybridized carbons (Fsp3) is 0. The Bertz CT molecular complexity index is 69.4. The molecule has 0 aliphatic rings. The van der Waals surface area contributed by atoms with Crippen molar-refractivity contribution in [1.29, 1.82) is 0 Å². The van der Waals surface area contributed by atoms with Gasteiger partial charge in [0, 0.05) is 17.1 Å². The molecule has 0 saturated heterocycles. The Kier molecular flexibility index (Phi) is 26.4. The van der Waals surface area contributed by atoms with Gasteiger partial charge in [0.05, 0.1) is 0 Å². The van der Waals surface area contributed by atoms with Gasteiger partial charge in [-0.25, -0.2) is 4.57 Å². The molecule has 0 spiro atoms. The molecule has 0 aromatic rings. The Hall–Kier alpha value is 2.42. The average molecular weight is 226 g/mol. The Morgan fingerprint density at radius 2 is 1.25 bits per heavy atom. The molecule has 0 atom stereocenters. The van der Waals surface area contributed by atoms with E-state index in [1.54, 1.807) is 0 Å². The number of hydrogen-bond donors (Lipinski definition) is 3. The van der Waals surface area contributed by atoms with Gasteiger partial charge in [0.1, 0.15) is 0 Å². The molecule has 8 heteroatoms. The molecule has 0 rings (SSSR count). The maximum atomic E-state index is 8.88. The van der Waals surface area contributed by atoms with Crippen molar-refractivity contribution in [3.8, 4) is 0 Å². The zero-order chi connectivity index (χ0) is 4.50. The Morgan fingerprint density at radius 1 is 1.25 bits per heavy atom. The van der Waals surface area contributed by atoms with Gasteiger partial charge in [-0.1, -0.05) is 0 Å². The summed E-state index contributed by atoms with van der Waals surface area (Å²) in [5.41, 5.74) is 0. The molecule has 0 heterocycles. The van der Waals surface area contributed by atoms with Crippen molar-refractivity contribution >= 4 is 62.9 Å². The van der Waals surface area contributed by atoms with Gasteiger partial charge in [0.2, 0.25) is 0 Å². The van der Waals surface area contributed by atoms with E-state index in [0.29, 0.717) is 0 Å². The standard InChI is InChI=1S/Al.Ca.Fe.H3O4P.5H/c;;;1-5(2,3)4;;;;;/h;;;(H3,1,2,3,4);;;;;/q;+2;;;;;;2*-1. The molecule has 0 aliphatic heterocycles. The van der Waals surface area contributed by atoms with Crippen LogP contribution in [0.3, 0.4) is 0 Å². The fourth-order valence-corrected chi connectivity index (χ4v) is 0. The van der Waals surface area contributed by atoms with Crippen LogP contribution in [-0.2, 0) is 21.6 Å². The predicted molar refractivity (Wildman–Crippen MR) is 32.2 cm³/mol. The van der Waals surface area contributed by atoms with Gasteiger partial charge >= 0.3 is 45.6 Å². The van der Waals surface area contributed by atoms with Crippen LogP contribution in [0.4, 0.5) is 0 Å². The molecule has 0 saturated carbocycles. The van der Waals surface area contributed by atoms with Crippen molar-refractivity contribution in [3.63, 3.8) is 0 Å². The zero-order valence-corrected chi connectivity index (χ0v) is 7.46. The zero-order valence-electron chi connectivity index (χ0n) is 5.26. The second-order valence-corrected chi connectivity index (χ2v) is 1.54. The Balaban J connectivity index is -0.00000000800. The molecule has 0 bridgehead atoms. The number of rotatable bonds is 0. The van der Waals surface area contributed by atoms with Crippen LogP contribution < -0.4 is 0 Å². The summed E-state index contributed by atoms with van der Waals surface area (Å²) in [5, 5.41) is 0. The summed E-state index contributed by atoms with van der Waals surface area (Å²) in [5.74, 6) is 0. The van der Waals surface area contributed by atoms with Crippen molar-refractivity contribution in [2.24, 2.45) is 0 Å². The van der Waals surface area contributed by atoms with Crippen LogP contribution in [0.25, 0.3) is 0 Å². The summed E-state index contributed by atoms with van der Waals surface area (Å²) in [7, 11) is -4.64. The van der Waals surface area contributed by atoms with Crippen molar-refractivity contribution in [2.45, 2.75) is 0 Å². The van der Waals surface area contributed by atoms with E-state index < -0.39 is 7.82 Å². The van der Waals surface area contributed by atoms with E-state index in [2.05, 4.69) is 0 Å². The summed E-state index contributed by atoms with van der Waals surface area (Å²) < 4.78 is 8.88. The van der Waals surface area contributed by atoms with E-state index in [0.717, 1.165) is 0 Å². The summed E-state index contributed by atoms with van der Waals surface area (Å²) in [6.45, 7) is 0. The molecule has 0 radical (unpaired) electrons. The SMILES string of the molecule is O=P(O)(O)O.[AlH3].[Ca+2].[Fe].[H-].[H-]. The summed E-state index contributed by atoms with van der Waals surface area (Å²) in [6, 6.07) is 0. The second-order valence-electron chi connectivity index (χ2n) is 0.513. The molecular weight excluding hydrogens is 218 g/mol. The first-order chi connectivity index (χ1) is 2.00. The van der Waals surface area contributed by atoms with Gasteiger partial charge in [-0.05, 0) is 0 Å². The summed E-state index contributed by atoms with van der Waals surface area (Å²) >= 11 is 0. The molecule has 0 amide bonds. The van der Waals surface area contributed by atoms with Crippen LogP contribution >= 0.6 is 7.82 Å². The smallest absolute Gasteiger partial charge is 1.00 e. The minimum Gasteiger partial charge on any atom is -1.00 e. The van der Waals surface area contributed by atoms with E-state index in [4.69, 9.17) is 19.2 Å². The number of hydrogen-bond acceptors (Lipinski definition) is 1. The van der Waals surface area contributed by atoms with E-state index in [9.17, 15) is 0 Å². The Labute approximate surface area is 101 Å². The van der Waals surface area contributed by atoms with E-state index in [1.165, 1.54) is 0 Å². The van der Waals surface area contributed by atoms with Crippen LogP contribution in [0.15, 0.2) is 0 Å². The monoisotopic (exact) mass is 226 g/mol. The van der Waals surface area contributed by atoms with Crippen LogP contribution in [-0.4, -0.2) is 69.8 Å². The van der Waals surface area contributed by atoms with Crippen molar-refractivity contribution < 1.29 is 39.2 Å². The van der Waals surface area contributed by atoms with Crippen molar-refractivity contribution in [3.05, 3.63) is 0 Å². The summed E-state index contributed by atoms with van der Waals surface area (Å²) in [6.07, 6.45) is 0. The molecule has 0 aromatic heterocycles. The quantitative estimate of drug-likeness (QED) is 0.321. The molecule has 4 nitrogen and oxygen atoms in total. The molecule has 0 unspecified atom stereocenters. The molecule has 0 fully saturated rings. The van der Waals surface area contributed by atoms with Crippen LogP contribution in [0.2, 0.25) is 0 Å². The maximum absolute atomic E-state index is 8.88. The topological polar surface area (TPSA) is 77.8 Å². The molecule has 50 valence electrons. The van der Waals surface area contributed by atoms with Gasteiger partial charge in [-0.3, -0.25) is 0 Å². The molecule has 0 aliphatic carbocycles. The normalized spacial score (nSPS) is 7.38. The average Bonchev–Trinajstić information content (AvgIpc) is 0.722. The van der Waals surface area contributed by atoms with Crippen molar-refractivity contribution in [2.75, 3.05) is 0 Å². The van der Waals surface area contributed by atoms with E-state index in [-0.39, 0.29) is 75.0 Å². The first-order valence-corrected chi connectivity index (χ1v) is 2.35. The molecule has 8 heavy (non-hydrogen) atoms.